The van der Waals surface area contributed by atoms with Crippen molar-refractivity contribution in [2.75, 3.05) is 13.7 Å². The molecule has 3 nitrogen and oxygen atoms in total. The number of esters is 1. The Labute approximate surface area is 100 Å². The number of hydrogen-bond acceptors (Lipinski definition) is 3. The molecule has 0 saturated heterocycles. The maximum Gasteiger partial charge on any atom is 0.337 e. The summed E-state index contributed by atoms with van der Waals surface area (Å²) < 4.78 is 10.2. The van der Waals surface area contributed by atoms with Gasteiger partial charge in [0.25, 0.3) is 0 Å². The second-order valence-corrected chi connectivity index (χ2v) is 3.74. The number of carbonyl (C=O) groups excluding carboxylic acids is 1. The molecular formula is C14H14O3. The van der Waals surface area contributed by atoms with Gasteiger partial charge in [0.05, 0.1) is 19.3 Å². The van der Waals surface area contributed by atoms with E-state index in [9.17, 15) is 4.79 Å². The highest BCUT2D eigenvalue weighted by Crippen LogP contribution is 2.30. The minimum Gasteiger partial charge on any atom is -0.465 e. The Morgan fingerprint density at radius 2 is 2.18 bits per heavy atom. The Morgan fingerprint density at radius 3 is 2.76 bits per heavy atom. The van der Waals surface area contributed by atoms with Crippen molar-refractivity contribution in [3.63, 3.8) is 0 Å². The van der Waals surface area contributed by atoms with Gasteiger partial charge >= 0.3 is 5.97 Å². The lowest BCUT2D eigenvalue weighted by Gasteiger charge is -2.13. The second-order valence-electron chi connectivity index (χ2n) is 3.74. The molecule has 3 heteroatoms. The van der Waals surface area contributed by atoms with E-state index in [2.05, 4.69) is 11.3 Å². The third-order valence-corrected chi connectivity index (χ3v) is 2.75. The van der Waals surface area contributed by atoms with Crippen LogP contribution in [0.4, 0.5) is 0 Å². The second kappa shape index (κ2) is 4.97. The van der Waals surface area contributed by atoms with Gasteiger partial charge in [-0.05, 0) is 23.3 Å². The van der Waals surface area contributed by atoms with E-state index in [1.807, 2.05) is 18.2 Å². The zero-order valence-electron chi connectivity index (χ0n) is 9.68. The van der Waals surface area contributed by atoms with Crippen LogP contribution in [0.2, 0.25) is 0 Å². The van der Waals surface area contributed by atoms with Crippen LogP contribution >= 0.6 is 0 Å². The van der Waals surface area contributed by atoms with Crippen LogP contribution in [0.25, 0.3) is 0 Å². The molecular weight excluding hydrogens is 216 g/mol. The lowest BCUT2D eigenvalue weighted by atomic mass is 10.0. The number of carbonyl (C=O) groups is 1. The number of benzene rings is 1. The summed E-state index contributed by atoms with van der Waals surface area (Å²) in [4.78, 5) is 11.3. The van der Waals surface area contributed by atoms with Crippen molar-refractivity contribution in [1.82, 2.24) is 0 Å². The van der Waals surface area contributed by atoms with Crippen LogP contribution in [-0.4, -0.2) is 19.7 Å². The number of hydrogen-bond donors (Lipinski definition) is 0. The molecule has 1 unspecified atom stereocenters. The molecule has 0 radical (unpaired) electrons. The molecule has 0 amide bonds. The van der Waals surface area contributed by atoms with Gasteiger partial charge in [0.2, 0.25) is 0 Å². The van der Waals surface area contributed by atoms with Crippen LogP contribution in [0.5, 0.6) is 0 Å². The molecule has 0 fully saturated rings. The van der Waals surface area contributed by atoms with Crippen molar-refractivity contribution >= 4 is 5.97 Å². The summed E-state index contributed by atoms with van der Waals surface area (Å²) in [6, 6.07) is 7.23. The summed E-state index contributed by atoms with van der Waals surface area (Å²) in [5.74, 6) is -0.330. The molecule has 1 atom stereocenters. The summed E-state index contributed by atoms with van der Waals surface area (Å²) >= 11 is 0. The van der Waals surface area contributed by atoms with Crippen LogP contribution < -0.4 is 0 Å². The van der Waals surface area contributed by atoms with Gasteiger partial charge in [-0.25, -0.2) is 4.79 Å². The largest absolute Gasteiger partial charge is 0.465 e. The molecule has 0 N–H and O–H groups in total. The fourth-order valence-corrected chi connectivity index (χ4v) is 1.83. The minimum absolute atomic E-state index is 0.0702. The number of ether oxygens (including phenoxy) is 2. The monoisotopic (exact) mass is 230 g/mol. The van der Waals surface area contributed by atoms with Gasteiger partial charge in [-0.1, -0.05) is 30.9 Å². The highest BCUT2D eigenvalue weighted by Gasteiger charge is 2.19. The maximum atomic E-state index is 11.3. The van der Waals surface area contributed by atoms with Gasteiger partial charge in [-0.2, -0.15) is 0 Å². The molecule has 0 spiro atoms. The first-order valence-corrected chi connectivity index (χ1v) is 5.38. The van der Waals surface area contributed by atoms with Crippen LogP contribution in [0, 0.1) is 0 Å². The molecule has 1 heterocycles. The standard InChI is InChI=1S/C14H14O3/c1-3-10-8-9-17-13(10)11-4-6-12(7-5-11)14(15)16-2/h3-8,13H,1,9H2,2H3. The Hall–Kier alpha value is -1.87. The van der Waals surface area contributed by atoms with E-state index in [0.29, 0.717) is 12.2 Å². The quantitative estimate of drug-likeness (QED) is 0.749. The summed E-state index contributed by atoms with van der Waals surface area (Å²) in [5.41, 5.74) is 2.62. The minimum atomic E-state index is -0.330. The van der Waals surface area contributed by atoms with Crippen molar-refractivity contribution < 1.29 is 14.3 Å². The van der Waals surface area contributed by atoms with Gasteiger partial charge in [-0.3, -0.25) is 0 Å². The van der Waals surface area contributed by atoms with Gasteiger partial charge in [0.15, 0.2) is 0 Å². The van der Waals surface area contributed by atoms with Crippen molar-refractivity contribution in [3.05, 3.63) is 59.7 Å². The molecule has 0 bridgehead atoms. The fourth-order valence-electron chi connectivity index (χ4n) is 1.83. The predicted octanol–water partition coefficient (Wildman–Crippen LogP) is 2.66. The van der Waals surface area contributed by atoms with Crippen LogP contribution in [0.3, 0.4) is 0 Å². The third-order valence-electron chi connectivity index (χ3n) is 2.75. The number of rotatable bonds is 3. The first kappa shape index (κ1) is 11.6. The molecule has 0 aromatic heterocycles. The topological polar surface area (TPSA) is 35.5 Å². The van der Waals surface area contributed by atoms with Crippen LogP contribution in [0.15, 0.2) is 48.6 Å². The van der Waals surface area contributed by atoms with E-state index in [1.54, 1.807) is 18.2 Å². The van der Waals surface area contributed by atoms with E-state index in [1.165, 1.54) is 7.11 Å². The van der Waals surface area contributed by atoms with Crippen molar-refractivity contribution in [2.45, 2.75) is 6.10 Å². The van der Waals surface area contributed by atoms with Crippen molar-refractivity contribution in [3.8, 4) is 0 Å². The zero-order chi connectivity index (χ0) is 12.3. The Balaban J connectivity index is 2.21. The molecule has 2 rings (SSSR count). The van der Waals surface area contributed by atoms with Gasteiger partial charge < -0.3 is 9.47 Å². The average Bonchev–Trinajstić information content (AvgIpc) is 2.86. The molecule has 1 aromatic rings. The first-order chi connectivity index (χ1) is 8.26. The normalized spacial score (nSPS) is 18.6. The summed E-state index contributed by atoms with van der Waals surface area (Å²) in [7, 11) is 1.37. The molecule has 0 aliphatic carbocycles. The van der Waals surface area contributed by atoms with E-state index >= 15 is 0 Å². The smallest absolute Gasteiger partial charge is 0.337 e. The Bertz CT molecular complexity index is 457. The maximum absolute atomic E-state index is 11.3. The fraction of sp³-hybridized carbons (Fsp3) is 0.214. The van der Waals surface area contributed by atoms with E-state index < -0.39 is 0 Å². The average molecular weight is 230 g/mol. The van der Waals surface area contributed by atoms with Gasteiger partial charge in [0, 0.05) is 0 Å². The summed E-state index contributed by atoms with van der Waals surface area (Å²) in [6.45, 7) is 4.36. The molecule has 88 valence electrons. The highest BCUT2D eigenvalue weighted by molar-refractivity contribution is 5.89. The third kappa shape index (κ3) is 2.29. The molecule has 0 saturated carbocycles. The summed E-state index contributed by atoms with van der Waals surface area (Å²) in [6.07, 6.45) is 3.73. The lowest BCUT2D eigenvalue weighted by Crippen LogP contribution is -2.03. The first-order valence-electron chi connectivity index (χ1n) is 5.38. The lowest BCUT2D eigenvalue weighted by molar-refractivity contribution is 0.0600. The highest BCUT2D eigenvalue weighted by atomic mass is 16.5. The molecule has 17 heavy (non-hydrogen) atoms. The van der Waals surface area contributed by atoms with E-state index in [0.717, 1.165) is 11.1 Å². The predicted molar refractivity (Wildman–Crippen MR) is 64.8 cm³/mol. The van der Waals surface area contributed by atoms with Crippen LogP contribution in [0.1, 0.15) is 22.0 Å². The molecule has 1 aromatic carbocycles. The Kier molecular flexibility index (Phi) is 3.40. The zero-order valence-corrected chi connectivity index (χ0v) is 9.68. The van der Waals surface area contributed by atoms with E-state index in [-0.39, 0.29) is 12.1 Å². The Morgan fingerprint density at radius 1 is 1.47 bits per heavy atom. The van der Waals surface area contributed by atoms with Crippen LogP contribution in [-0.2, 0) is 9.47 Å². The molecule has 1 aliphatic heterocycles. The SMILES string of the molecule is C=CC1=CCOC1c1ccc(C(=O)OC)cc1. The number of methoxy groups -OCH3 is 1. The summed E-state index contributed by atoms with van der Waals surface area (Å²) in [5, 5.41) is 0. The van der Waals surface area contributed by atoms with Gasteiger partial charge in [-0.15, -0.1) is 0 Å². The van der Waals surface area contributed by atoms with Crippen molar-refractivity contribution in [2.24, 2.45) is 0 Å². The molecule has 1 aliphatic rings. The van der Waals surface area contributed by atoms with E-state index in [4.69, 9.17) is 4.74 Å². The van der Waals surface area contributed by atoms with Crippen molar-refractivity contribution in [1.29, 1.82) is 0 Å². The van der Waals surface area contributed by atoms with Gasteiger partial charge in [0.1, 0.15) is 6.10 Å².